The standard InChI is InChI=1S/C17H17FO3/c1-11-8-17(15(12(2)19)9-16(11)18)21-10-13-4-6-14(20-3)7-5-13/h4-9H,10H2,1-3H3. The molecule has 0 amide bonds. The predicted molar refractivity (Wildman–Crippen MR) is 78.5 cm³/mol. The molecule has 2 aromatic rings. The Bertz CT molecular complexity index is 648. The quantitative estimate of drug-likeness (QED) is 0.782. The van der Waals surface area contributed by atoms with Crippen molar-refractivity contribution in [1.29, 1.82) is 0 Å². The first-order chi connectivity index (χ1) is 10.0. The molecule has 110 valence electrons. The molecule has 21 heavy (non-hydrogen) atoms. The summed E-state index contributed by atoms with van der Waals surface area (Å²) in [6.45, 7) is 3.33. The van der Waals surface area contributed by atoms with Gasteiger partial charge in [0, 0.05) is 0 Å². The van der Waals surface area contributed by atoms with Gasteiger partial charge in [-0.25, -0.2) is 4.39 Å². The van der Waals surface area contributed by atoms with Gasteiger partial charge in [0.25, 0.3) is 0 Å². The molecule has 0 aliphatic rings. The van der Waals surface area contributed by atoms with Gasteiger partial charge in [0.1, 0.15) is 23.9 Å². The highest BCUT2D eigenvalue weighted by molar-refractivity contribution is 5.96. The van der Waals surface area contributed by atoms with Gasteiger partial charge in [-0.3, -0.25) is 4.79 Å². The van der Waals surface area contributed by atoms with E-state index in [9.17, 15) is 9.18 Å². The summed E-state index contributed by atoms with van der Waals surface area (Å²) in [5, 5.41) is 0. The smallest absolute Gasteiger partial charge is 0.163 e. The summed E-state index contributed by atoms with van der Waals surface area (Å²) in [6, 6.07) is 10.2. The van der Waals surface area contributed by atoms with Gasteiger partial charge in [0.2, 0.25) is 0 Å². The number of rotatable bonds is 5. The first-order valence-corrected chi connectivity index (χ1v) is 6.58. The molecule has 0 aliphatic heterocycles. The highest BCUT2D eigenvalue weighted by Crippen LogP contribution is 2.24. The van der Waals surface area contributed by atoms with Crippen LogP contribution in [0.4, 0.5) is 4.39 Å². The molecule has 3 nitrogen and oxygen atoms in total. The largest absolute Gasteiger partial charge is 0.497 e. The Kier molecular flexibility index (Phi) is 4.58. The monoisotopic (exact) mass is 288 g/mol. The van der Waals surface area contributed by atoms with Crippen LogP contribution in [-0.4, -0.2) is 12.9 Å². The van der Waals surface area contributed by atoms with Crippen LogP contribution in [0.3, 0.4) is 0 Å². The van der Waals surface area contributed by atoms with E-state index in [2.05, 4.69) is 0 Å². The summed E-state index contributed by atoms with van der Waals surface area (Å²) in [4.78, 5) is 11.6. The molecule has 0 radical (unpaired) electrons. The second-order valence-corrected chi connectivity index (χ2v) is 4.79. The summed E-state index contributed by atoms with van der Waals surface area (Å²) in [6.07, 6.45) is 0. The minimum absolute atomic E-state index is 0.223. The lowest BCUT2D eigenvalue weighted by molar-refractivity contribution is 0.101. The van der Waals surface area contributed by atoms with Gasteiger partial charge in [-0.1, -0.05) is 12.1 Å². The number of hydrogen-bond donors (Lipinski definition) is 0. The van der Waals surface area contributed by atoms with Crippen LogP contribution >= 0.6 is 0 Å². The van der Waals surface area contributed by atoms with Crippen LogP contribution in [0.2, 0.25) is 0 Å². The van der Waals surface area contributed by atoms with Gasteiger partial charge in [-0.05, 0) is 49.2 Å². The molecule has 0 spiro atoms. The zero-order chi connectivity index (χ0) is 15.4. The number of benzene rings is 2. The van der Waals surface area contributed by atoms with E-state index in [0.717, 1.165) is 11.3 Å². The minimum atomic E-state index is -0.406. The fourth-order valence-electron chi connectivity index (χ4n) is 1.93. The van der Waals surface area contributed by atoms with Crippen LogP contribution in [0, 0.1) is 12.7 Å². The molecule has 0 unspecified atom stereocenters. The SMILES string of the molecule is COc1ccc(COc2cc(C)c(F)cc2C(C)=O)cc1. The molecule has 4 heteroatoms. The van der Waals surface area contributed by atoms with E-state index in [4.69, 9.17) is 9.47 Å². The molecule has 2 aromatic carbocycles. The molecule has 0 aliphatic carbocycles. The van der Waals surface area contributed by atoms with E-state index in [1.54, 1.807) is 20.1 Å². The number of Topliss-reactive ketones (excluding diaryl/α,β-unsaturated/α-hetero) is 1. The van der Waals surface area contributed by atoms with E-state index in [1.807, 2.05) is 24.3 Å². The second kappa shape index (κ2) is 6.39. The van der Waals surface area contributed by atoms with Crippen molar-refractivity contribution < 1.29 is 18.7 Å². The van der Waals surface area contributed by atoms with Crippen molar-refractivity contribution in [1.82, 2.24) is 0 Å². The Labute approximate surface area is 123 Å². The number of methoxy groups -OCH3 is 1. The van der Waals surface area contributed by atoms with Gasteiger partial charge in [-0.15, -0.1) is 0 Å². The van der Waals surface area contributed by atoms with Gasteiger partial charge in [-0.2, -0.15) is 0 Å². The first kappa shape index (κ1) is 15.0. The minimum Gasteiger partial charge on any atom is -0.497 e. The van der Waals surface area contributed by atoms with Crippen LogP contribution in [0.1, 0.15) is 28.4 Å². The van der Waals surface area contributed by atoms with Crippen LogP contribution in [0.25, 0.3) is 0 Å². The molecule has 0 saturated heterocycles. The third-order valence-corrected chi connectivity index (χ3v) is 3.19. The number of carbonyl (C=O) groups excluding carboxylic acids is 1. The number of hydrogen-bond acceptors (Lipinski definition) is 3. The summed E-state index contributed by atoms with van der Waals surface area (Å²) >= 11 is 0. The van der Waals surface area contributed by atoms with Crippen molar-refractivity contribution in [2.75, 3.05) is 7.11 Å². The Morgan fingerprint density at radius 1 is 1.19 bits per heavy atom. The maximum Gasteiger partial charge on any atom is 0.163 e. The molecular weight excluding hydrogens is 271 g/mol. The highest BCUT2D eigenvalue weighted by Gasteiger charge is 2.12. The van der Waals surface area contributed by atoms with E-state index in [1.165, 1.54) is 13.0 Å². The lowest BCUT2D eigenvalue weighted by Crippen LogP contribution is -2.03. The number of ether oxygens (including phenoxy) is 2. The Hall–Kier alpha value is -2.36. The number of halogens is 1. The molecule has 0 aromatic heterocycles. The van der Waals surface area contributed by atoms with E-state index >= 15 is 0 Å². The molecule has 0 fully saturated rings. The zero-order valence-corrected chi connectivity index (χ0v) is 12.3. The van der Waals surface area contributed by atoms with Crippen molar-refractivity contribution in [2.24, 2.45) is 0 Å². The first-order valence-electron chi connectivity index (χ1n) is 6.58. The summed E-state index contributed by atoms with van der Waals surface area (Å²) in [7, 11) is 1.60. The maximum atomic E-state index is 13.5. The van der Waals surface area contributed by atoms with Crippen molar-refractivity contribution in [2.45, 2.75) is 20.5 Å². The van der Waals surface area contributed by atoms with Crippen molar-refractivity contribution in [3.8, 4) is 11.5 Å². The van der Waals surface area contributed by atoms with E-state index in [-0.39, 0.29) is 11.3 Å². The second-order valence-electron chi connectivity index (χ2n) is 4.79. The molecule has 0 saturated carbocycles. The Morgan fingerprint density at radius 3 is 2.43 bits per heavy atom. The highest BCUT2D eigenvalue weighted by atomic mass is 19.1. The Balaban J connectivity index is 2.18. The van der Waals surface area contributed by atoms with Crippen LogP contribution in [0.15, 0.2) is 36.4 Å². The third kappa shape index (κ3) is 3.60. The normalized spacial score (nSPS) is 10.3. The van der Waals surface area contributed by atoms with Gasteiger partial charge < -0.3 is 9.47 Å². The van der Waals surface area contributed by atoms with Crippen molar-refractivity contribution in [3.05, 3.63) is 58.9 Å². The molecule has 0 N–H and O–H groups in total. The summed E-state index contributed by atoms with van der Waals surface area (Å²) < 4.78 is 24.3. The molecule has 0 bridgehead atoms. The zero-order valence-electron chi connectivity index (χ0n) is 12.3. The van der Waals surface area contributed by atoms with E-state index < -0.39 is 5.82 Å². The maximum absolute atomic E-state index is 13.5. The molecule has 0 atom stereocenters. The van der Waals surface area contributed by atoms with Crippen molar-refractivity contribution in [3.63, 3.8) is 0 Å². The fourth-order valence-corrected chi connectivity index (χ4v) is 1.93. The van der Waals surface area contributed by atoms with Crippen LogP contribution in [-0.2, 0) is 6.61 Å². The summed E-state index contributed by atoms with van der Waals surface area (Å²) in [5.41, 5.74) is 1.64. The molecular formula is C17H17FO3. The molecule has 0 heterocycles. The lowest BCUT2D eigenvalue weighted by atomic mass is 10.1. The predicted octanol–water partition coefficient (Wildman–Crippen LogP) is 3.92. The average molecular weight is 288 g/mol. The fraction of sp³-hybridized carbons (Fsp3) is 0.235. The summed E-state index contributed by atoms with van der Waals surface area (Å²) in [5.74, 6) is 0.536. The number of ketones is 1. The van der Waals surface area contributed by atoms with Crippen LogP contribution < -0.4 is 9.47 Å². The van der Waals surface area contributed by atoms with Crippen LogP contribution in [0.5, 0.6) is 11.5 Å². The third-order valence-electron chi connectivity index (χ3n) is 3.19. The lowest BCUT2D eigenvalue weighted by Gasteiger charge is -2.12. The van der Waals surface area contributed by atoms with Crippen molar-refractivity contribution >= 4 is 5.78 Å². The average Bonchev–Trinajstić information content (AvgIpc) is 2.48. The van der Waals surface area contributed by atoms with Gasteiger partial charge in [0.15, 0.2) is 5.78 Å². The topological polar surface area (TPSA) is 35.5 Å². The van der Waals surface area contributed by atoms with Gasteiger partial charge in [0.05, 0.1) is 12.7 Å². The number of carbonyl (C=O) groups is 1. The number of aryl methyl sites for hydroxylation is 1. The molecule has 2 rings (SSSR count). The van der Waals surface area contributed by atoms with Gasteiger partial charge >= 0.3 is 0 Å². The Morgan fingerprint density at radius 2 is 1.86 bits per heavy atom. The van der Waals surface area contributed by atoms with E-state index in [0.29, 0.717) is 17.9 Å².